The summed E-state index contributed by atoms with van der Waals surface area (Å²) in [5.74, 6) is 1.05. The average molecular weight is 412 g/mol. The second-order valence-electron chi connectivity index (χ2n) is 7.71. The van der Waals surface area contributed by atoms with Gasteiger partial charge in [0.25, 0.3) is 5.91 Å². The summed E-state index contributed by atoms with van der Waals surface area (Å²) < 4.78 is 11.4. The molecule has 2 N–H and O–H groups in total. The van der Waals surface area contributed by atoms with Crippen LogP contribution in [-0.4, -0.2) is 50.2 Å². The van der Waals surface area contributed by atoms with Gasteiger partial charge in [0, 0.05) is 30.4 Å². The Balaban J connectivity index is 1.57. The monoisotopic (exact) mass is 411 g/mol. The number of benzene rings is 2. The highest BCUT2D eigenvalue weighted by Gasteiger charge is 2.22. The van der Waals surface area contributed by atoms with Crippen molar-refractivity contribution in [2.75, 3.05) is 38.7 Å². The van der Waals surface area contributed by atoms with Crippen LogP contribution in [0.5, 0.6) is 11.5 Å². The number of amides is 1. The molecule has 2 aromatic rings. The molecule has 0 spiro atoms. The van der Waals surface area contributed by atoms with Gasteiger partial charge in [-0.05, 0) is 51.1 Å². The molecule has 30 heavy (non-hydrogen) atoms. The molecular weight excluding hydrogens is 378 g/mol. The fourth-order valence-corrected chi connectivity index (χ4v) is 3.91. The van der Waals surface area contributed by atoms with E-state index in [4.69, 9.17) is 9.47 Å². The number of likely N-dealkylation sites (tertiary alicyclic amines) is 1. The van der Waals surface area contributed by atoms with Crippen LogP contribution in [0, 0.1) is 6.92 Å². The summed E-state index contributed by atoms with van der Waals surface area (Å²) in [4.78, 5) is 14.9. The number of para-hydroxylation sites is 1. The fourth-order valence-electron chi connectivity index (χ4n) is 3.91. The molecule has 0 radical (unpaired) electrons. The Morgan fingerprint density at radius 1 is 1.20 bits per heavy atom. The normalized spacial score (nSPS) is 16.4. The zero-order valence-corrected chi connectivity index (χ0v) is 18.2. The molecule has 0 unspecified atom stereocenters. The molecular formula is C24H33N3O3. The lowest BCUT2D eigenvalue weighted by molar-refractivity contribution is -0.118. The minimum Gasteiger partial charge on any atom is -0.493 e. The Morgan fingerprint density at radius 2 is 2.00 bits per heavy atom. The first-order valence-corrected chi connectivity index (χ1v) is 10.7. The third kappa shape index (κ3) is 5.97. The van der Waals surface area contributed by atoms with Crippen LogP contribution in [0.3, 0.4) is 0 Å². The SMILES string of the molecule is CCN1CCC[C@H]1CNCc1cccc(OC)c1OCC(=O)Nc1ccc(C)cc1. The fraction of sp³-hybridized carbons (Fsp3) is 0.458. The van der Waals surface area contributed by atoms with E-state index in [0.717, 1.165) is 29.9 Å². The number of nitrogens with one attached hydrogen (secondary N) is 2. The van der Waals surface area contributed by atoms with E-state index in [2.05, 4.69) is 22.5 Å². The van der Waals surface area contributed by atoms with Crippen molar-refractivity contribution in [3.8, 4) is 11.5 Å². The van der Waals surface area contributed by atoms with Crippen LogP contribution >= 0.6 is 0 Å². The zero-order valence-electron chi connectivity index (χ0n) is 18.2. The predicted molar refractivity (Wildman–Crippen MR) is 120 cm³/mol. The maximum atomic E-state index is 12.3. The smallest absolute Gasteiger partial charge is 0.262 e. The number of anilines is 1. The zero-order chi connectivity index (χ0) is 21.3. The standard InChI is InChI=1S/C24H33N3O3/c1-4-27-14-6-8-21(27)16-25-15-19-7-5-9-22(29-3)24(19)30-17-23(28)26-20-12-10-18(2)11-13-20/h5,7,9-13,21,25H,4,6,8,14-17H2,1-3H3,(H,26,28)/t21-/m0/s1. The van der Waals surface area contributed by atoms with Gasteiger partial charge in [0.2, 0.25) is 0 Å². The Morgan fingerprint density at radius 3 is 2.73 bits per heavy atom. The van der Waals surface area contributed by atoms with Crippen molar-refractivity contribution in [3.05, 3.63) is 53.6 Å². The molecule has 1 saturated heterocycles. The van der Waals surface area contributed by atoms with E-state index < -0.39 is 0 Å². The second kappa shape index (κ2) is 11.0. The summed E-state index contributed by atoms with van der Waals surface area (Å²) in [5.41, 5.74) is 2.89. The molecule has 162 valence electrons. The van der Waals surface area contributed by atoms with E-state index in [1.807, 2.05) is 49.4 Å². The summed E-state index contributed by atoms with van der Waals surface area (Å²) in [6.45, 7) is 8.04. The Labute approximate surface area is 179 Å². The highest BCUT2D eigenvalue weighted by molar-refractivity contribution is 5.91. The Bertz CT molecular complexity index is 823. The van der Waals surface area contributed by atoms with Crippen molar-refractivity contribution in [1.82, 2.24) is 10.2 Å². The molecule has 0 aliphatic carbocycles. The van der Waals surface area contributed by atoms with Crippen LogP contribution in [0.15, 0.2) is 42.5 Å². The van der Waals surface area contributed by atoms with Crippen LogP contribution < -0.4 is 20.1 Å². The lowest BCUT2D eigenvalue weighted by Gasteiger charge is -2.23. The van der Waals surface area contributed by atoms with Gasteiger partial charge in [-0.2, -0.15) is 0 Å². The lowest BCUT2D eigenvalue weighted by Crippen LogP contribution is -2.37. The van der Waals surface area contributed by atoms with Gasteiger partial charge in [0.15, 0.2) is 18.1 Å². The summed E-state index contributed by atoms with van der Waals surface area (Å²) in [5, 5.41) is 6.42. The predicted octanol–water partition coefficient (Wildman–Crippen LogP) is 3.60. The molecule has 0 aromatic heterocycles. The largest absolute Gasteiger partial charge is 0.493 e. The van der Waals surface area contributed by atoms with Gasteiger partial charge in [0.1, 0.15) is 0 Å². The highest BCUT2D eigenvalue weighted by Crippen LogP contribution is 2.31. The summed E-state index contributed by atoms with van der Waals surface area (Å²) in [6, 6.07) is 14.1. The van der Waals surface area contributed by atoms with Crippen molar-refractivity contribution in [2.45, 2.75) is 39.3 Å². The maximum Gasteiger partial charge on any atom is 0.262 e. The van der Waals surface area contributed by atoms with Crippen molar-refractivity contribution in [3.63, 3.8) is 0 Å². The molecule has 3 rings (SSSR count). The van der Waals surface area contributed by atoms with Crippen LogP contribution in [-0.2, 0) is 11.3 Å². The summed E-state index contributed by atoms with van der Waals surface area (Å²) >= 11 is 0. The number of methoxy groups -OCH3 is 1. The first-order valence-electron chi connectivity index (χ1n) is 10.7. The molecule has 1 fully saturated rings. The first-order chi connectivity index (χ1) is 14.6. The van der Waals surface area contributed by atoms with Crippen molar-refractivity contribution in [1.29, 1.82) is 0 Å². The second-order valence-corrected chi connectivity index (χ2v) is 7.71. The molecule has 6 heteroatoms. The molecule has 1 heterocycles. The molecule has 1 aliphatic heterocycles. The Hall–Kier alpha value is -2.57. The first kappa shape index (κ1) is 22.1. The minimum absolute atomic E-state index is 0.0759. The Kier molecular flexibility index (Phi) is 8.11. The number of ether oxygens (including phenoxy) is 2. The van der Waals surface area contributed by atoms with Gasteiger partial charge in [-0.25, -0.2) is 0 Å². The number of carbonyl (C=O) groups is 1. The molecule has 0 bridgehead atoms. The van der Waals surface area contributed by atoms with Crippen molar-refractivity contribution < 1.29 is 14.3 Å². The number of nitrogens with zero attached hydrogens (tertiary/aromatic N) is 1. The van der Waals surface area contributed by atoms with E-state index in [1.54, 1.807) is 7.11 Å². The average Bonchev–Trinajstić information content (AvgIpc) is 3.21. The summed E-state index contributed by atoms with van der Waals surface area (Å²) in [7, 11) is 1.61. The number of rotatable bonds is 10. The van der Waals surface area contributed by atoms with Crippen LogP contribution in [0.4, 0.5) is 5.69 Å². The number of hydrogen-bond acceptors (Lipinski definition) is 5. The molecule has 1 aliphatic rings. The highest BCUT2D eigenvalue weighted by atomic mass is 16.5. The third-order valence-electron chi connectivity index (χ3n) is 5.56. The topological polar surface area (TPSA) is 62.8 Å². The van der Waals surface area contributed by atoms with Gasteiger partial charge in [0.05, 0.1) is 7.11 Å². The van der Waals surface area contributed by atoms with E-state index >= 15 is 0 Å². The molecule has 6 nitrogen and oxygen atoms in total. The van der Waals surface area contributed by atoms with Crippen molar-refractivity contribution in [2.24, 2.45) is 0 Å². The van der Waals surface area contributed by atoms with Crippen LogP contribution in [0.1, 0.15) is 30.9 Å². The third-order valence-corrected chi connectivity index (χ3v) is 5.56. The number of likely N-dealkylation sites (N-methyl/N-ethyl adjacent to an activating group) is 1. The van der Waals surface area contributed by atoms with Crippen LogP contribution in [0.25, 0.3) is 0 Å². The lowest BCUT2D eigenvalue weighted by atomic mass is 10.1. The van der Waals surface area contributed by atoms with Gasteiger partial charge in [-0.3, -0.25) is 9.69 Å². The molecule has 1 atom stereocenters. The van der Waals surface area contributed by atoms with E-state index in [1.165, 1.54) is 19.4 Å². The van der Waals surface area contributed by atoms with Gasteiger partial charge in [-0.1, -0.05) is 36.8 Å². The summed E-state index contributed by atoms with van der Waals surface area (Å²) in [6.07, 6.45) is 2.51. The van der Waals surface area contributed by atoms with Gasteiger partial charge < -0.3 is 20.1 Å². The van der Waals surface area contributed by atoms with E-state index in [0.29, 0.717) is 24.1 Å². The van der Waals surface area contributed by atoms with E-state index in [9.17, 15) is 4.79 Å². The maximum absolute atomic E-state index is 12.3. The minimum atomic E-state index is -0.201. The number of aryl methyl sites for hydroxylation is 1. The molecule has 2 aromatic carbocycles. The number of carbonyl (C=O) groups excluding carboxylic acids is 1. The van der Waals surface area contributed by atoms with Crippen LogP contribution in [0.2, 0.25) is 0 Å². The molecule has 1 amide bonds. The van der Waals surface area contributed by atoms with Crippen molar-refractivity contribution >= 4 is 11.6 Å². The quantitative estimate of drug-likeness (QED) is 0.626. The molecule has 0 saturated carbocycles. The van der Waals surface area contributed by atoms with E-state index in [-0.39, 0.29) is 12.5 Å². The number of hydrogen-bond donors (Lipinski definition) is 2. The van der Waals surface area contributed by atoms with Gasteiger partial charge in [-0.15, -0.1) is 0 Å². The van der Waals surface area contributed by atoms with Gasteiger partial charge >= 0.3 is 0 Å².